The third kappa shape index (κ3) is 2.54. The van der Waals surface area contributed by atoms with Crippen LogP contribution in [0.25, 0.3) is 0 Å². The Labute approximate surface area is 105 Å². The number of anilines is 2. The van der Waals surface area contributed by atoms with Crippen molar-refractivity contribution in [1.29, 1.82) is 0 Å². The summed E-state index contributed by atoms with van der Waals surface area (Å²) in [7, 11) is 0. The largest absolute Gasteiger partial charge is 0.418 e. The highest BCUT2D eigenvalue weighted by Gasteiger charge is 2.36. The molecule has 2 N–H and O–H groups in total. The van der Waals surface area contributed by atoms with Gasteiger partial charge in [-0.3, -0.25) is 0 Å². The number of halogens is 3. The van der Waals surface area contributed by atoms with Gasteiger partial charge in [0.1, 0.15) is 0 Å². The molecule has 5 heteroatoms. The molecule has 1 aliphatic rings. The first-order chi connectivity index (χ1) is 8.39. The zero-order valence-electron chi connectivity index (χ0n) is 10.3. The number of rotatable bonds is 1. The number of nitrogens with two attached hydrogens (primary N) is 1. The van der Waals surface area contributed by atoms with Gasteiger partial charge < -0.3 is 10.6 Å². The average molecular weight is 258 g/mol. The molecule has 0 aliphatic carbocycles. The van der Waals surface area contributed by atoms with Crippen molar-refractivity contribution in [3.63, 3.8) is 0 Å². The van der Waals surface area contributed by atoms with Crippen molar-refractivity contribution in [3.05, 3.63) is 23.8 Å². The summed E-state index contributed by atoms with van der Waals surface area (Å²) in [5, 5.41) is 0. The van der Waals surface area contributed by atoms with E-state index in [1.807, 2.05) is 11.8 Å². The van der Waals surface area contributed by atoms with Crippen LogP contribution in [0.1, 0.15) is 31.7 Å². The molecule has 1 saturated heterocycles. The van der Waals surface area contributed by atoms with E-state index in [2.05, 4.69) is 0 Å². The lowest BCUT2D eigenvalue weighted by atomic mass is 10.0. The highest BCUT2D eigenvalue weighted by atomic mass is 19.4. The van der Waals surface area contributed by atoms with E-state index in [1.54, 1.807) is 0 Å². The topological polar surface area (TPSA) is 29.3 Å². The molecule has 2 rings (SSSR count). The second-order valence-corrected chi connectivity index (χ2v) is 4.81. The minimum absolute atomic E-state index is 0.142. The summed E-state index contributed by atoms with van der Waals surface area (Å²) in [6, 6.07) is 4.19. The van der Waals surface area contributed by atoms with Crippen LogP contribution in [0.4, 0.5) is 24.5 Å². The maximum absolute atomic E-state index is 13.0. The fourth-order valence-electron chi connectivity index (χ4n) is 2.49. The molecule has 1 fully saturated rings. The standard InChI is InChI=1S/C13H17F3N2/c1-9-4-2-3-7-18(9)12-6-5-10(17)8-11(12)13(14,15)16/h5-6,8-9H,2-4,7,17H2,1H3/t9-/m1/s1. The van der Waals surface area contributed by atoms with Gasteiger partial charge in [-0.25, -0.2) is 0 Å². The molecule has 100 valence electrons. The molecule has 2 nitrogen and oxygen atoms in total. The van der Waals surface area contributed by atoms with Gasteiger partial charge in [0.2, 0.25) is 0 Å². The van der Waals surface area contributed by atoms with Gasteiger partial charge in [0, 0.05) is 24.0 Å². The van der Waals surface area contributed by atoms with E-state index in [0.717, 1.165) is 25.3 Å². The van der Waals surface area contributed by atoms with Crippen molar-refractivity contribution < 1.29 is 13.2 Å². The number of nitrogens with zero attached hydrogens (tertiary/aromatic N) is 1. The number of hydrogen-bond donors (Lipinski definition) is 1. The number of nitrogen functional groups attached to an aromatic ring is 1. The molecule has 18 heavy (non-hydrogen) atoms. The van der Waals surface area contributed by atoms with Gasteiger partial charge in [-0.05, 0) is 44.4 Å². The van der Waals surface area contributed by atoms with Gasteiger partial charge in [0.05, 0.1) is 5.56 Å². The summed E-state index contributed by atoms with van der Waals surface area (Å²) in [5.74, 6) is 0. The predicted molar refractivity (Wildman–Crippen MR) is 66.5 cm³/mol. The highest BCUT2D eigenvalue weighted by Crippen LogP contribution is 2.39. The van der Waals surface area contributed by atoms with Crippen molar-refractivity contribution in [1.82, 2.24) is 0 Å². The van der Waals surface area contributed by atoms with E-state index in [0.29, 0.717) is 6.54 Å². The Morgan fingerprint density at radius 1 is 1.28 bits per heavy atom. The maximum atomic E-state index is 13.0. The number of piperidine rings is 1. The van der Waals surface area contributed by atoms with Crippen LogP contribution in [0.2, 0.25) is 0 Å². The zero-order valence-corrected chi connectivity index (χ0v) is 10.3. The molecule has 0 saturated carbocycles. The van der Waals surface area contributed by atoms with E-state index >= 15 is 0 Å². The lowest BCUT2D eigenvalue weighted by molar-refractivity contribution is -0.137. The molecular weight excluding hydrogens is 241 g/mol. The molecule has 0 amide bonds. The quantitative estimate of drug-likeness (QED) is 0.779. The van der Waals surface area contributed by atoms with Crippen molar-refractivity contribution in [2.24, 2.45) is 0 Å². The monoisotopic (exact) mass is 258 g/mol. The summed E-state index contributed by atoms with van der Waals surface area (Å²) in [5.41, 5.74) is 5.24. The van der Waals surface area contributed by atoms with Crippen LogP contribution in [-0.4, -0.2) is 12.6 Å². The van der Waals surface area contributed by atoms with Crippen LogP contribution < -0.4 is 10.6 Å². The van der Waals surface area contributed by atoms with E-state index in [4.69, 9.17) is 5.73 Å². The molecular formula is C13H17F3N2. The Bertz CT molecular complexity index is 429. The predicted octanol–water partition coefficient (Wildman–Crippen LogP) is 3.67. The van der Waals surface area contributed by atoms with Gasteiger partial charge in [-0.1, -0.05) is 0 Å². The van der Waals surface area contributed by atoms with Crippen LogP contribution in [0.3, 0.4) is 0 Å². The Balaban J connectivity index is 2.43. The van der Waals surface area contributed by atoms with Crippen molar-refractivity contribution in [2.45, 2.75) is 38.4 Å². The second-order valence-electron chi connectivity index (χ2n) is 4.81. The fraction of sp³-hybridized carbons (Fsp3) is 0.538. The Morgan fingerprint density at radius 3 is 2.61 bits per heavy atom. The van der Waals surface area contributed by atoms with E-state index in [9.17, 15) is 13.2 Å². The van der Waals surface area contributed by atoms with Gasteiger partial charge in [0.15, 0.2) is 0 Å². The van der Waals surface area contributed by atoms with E-state index in [-0.39, 0.29) is 17.4 Å². The molecule has 0 bridgehead atoms. The first-order valence-electron chi connectivity index (χ1n) is 6.13. The first kappa shape index (κ1) is 13.1. The Kier molecular flexibility index (Phi) is 3.41. The Morgan fingerprint density at radius 2 is 2.00 bits per heavy atom. The normalized spacial score (nSPS) is 21.1. The second kappa shape index (κ2) is 4.71. The number of benzene rings is 1. The third-order valence-electron chi connectivity index (χ3n) is 3.44. The Hall–Kier alpha value is -1.39. The van der Waals surface area contributed by atoms with Crippen LogP contribution >= 0.6 is 0 Å². The van der Waals surface area contributed by atoms with Crippen LogP contribution in [0, 0.1) is 0 Å². The van der Waals surface area contributed by atoms with Gasteiger partial charge in [0.25, 0.3) is 0 Å². The zero-order chi connectivity index (χ0) is 13.3. The highest BCUT2D eigenvalue weighted by molar-refractivity contribution is 5.61. The molecule has 1 aliphatic heterocycles. The summed E-state index contributed by atoms with van der Waals surface area (Å²) < 4.78 is 39.1. The summed E-state index contributed by atoms with van der Waals surface area (Å²) >= 11 is 0. The van der Waals surface area contributed by atoms with Crippen molar-refractivity contribution >= 4 is 11.4 Å². The molecule has 1 aromatic rings. The summed E-state index contributed by atoms with van der Waals surface area (Å²) in [4.78, 5) is 1.84. The van der Waals surface area contributed by atoms with Crippen molar-refractivity contribution in [3.8, 4) is 0 Å². The smallest absolute Gasteiger partial charge is 0.399 e. The van der Waals surface area contributed by atoms with Crippen molar-refractivity contribution in [2.75, 3.05) is 17.2 Å². The lowest BCUT2D eigenvalue weighted by Gasteiger charge is -2.37. The summed E-state index contributed by atoms with van der Waals surface area (Å²) in [6.07, 6.45) is -1.41. The summed E-state index contributed by atoms with van der Waals surface area (Å²) in [6.45, 7) is 2.64. The number of alkyl halides is 3. The lowest BCUT2D eigenvalue weighted by Crippen LogP contribution is -2.38. The van der Waals surface area contributed by atoms with Gasteiger partial charge in [-0.2, -0.15) is 13.2 Å². The molecule has 0 unspecified atom stereocenters. The van der Waals surface area contributed by atoms with Crippen LogP contribution in [0.5, 0.6) is 0 Å². The number of hydrogen-bond acceptors (Lipinski definition) is 2. The fourth-order valence-corrected chi connectivity index (χ4v) is 2.49. The maximum Gasteiger partial charge on any atom is 0.418 e. The first-order valence-corrected chi connectivity index (χ1v) is 6.13. The molecule has 1 heterocycles. The minimum atomic E-state index is -4.36. The van der Waals surface area contributed by atoms with Crippen LogP contribution in [-0.2, 0) is 6.18 Å². The van der Waals surface area contributed by atoms with E-state index in [1.165, 1.54) is 12.1 Å². The average Bonchev–Trinajstić information content (AvgIpc) is 2.29. The van der Waals surface area contributed by atoms with Gasteiger partial charge in [-0.15, -0.1) is 0 Å². The SMILES string of the molecule is C[C@@H]1CCCCN1c1ccc(N)cc1C(F)(F)F. The minimum Gasteiger partial charge on any atom is -0.399 e. The molecule has 0 aromatic heterocycles. The third-order valence-corrected chi connectivity index (χ3v) is 3.44. The molecule has 1 aromatic carbocycles. The molecule has 0 radical (unpaired) electrons. The van der Waals surface area contributed by atoms with Gasteiger partial charge >= 0.3 is 6.18 Å². The van der Waals surface area contributed by atoms with Crippen LogP contribution in [0.15, 0.2) is 18.2 Å². The molecule has 0 spiro atoms. The van der Waals surface area contributed by atoms with E-state index < -0.39 is 11.7 Å². The molecule has 1 atom stereocenters.